The maximum Gasteiger partial charge on any atom is 0.493 e. The summed E-state index contributed by atoms with van der Waals surface area (Å²) in [4.78, 5) is 7.65. The number of aromatic nitrogens is 2. The predicted molar refractivity (Wildman–Crippen MR) is 109 cm³/mol. The minimum Gasteiger partial charge on any atom is -0.423 e. The van der Waals surface area contributed by atoms with Gasteiger partial charge in [-0.15, -0.1) is 0 Å². The highest BCUT2D eigenvalue weighted by atomic mass is 32.2. The molecule has 142 valence electrons. The first kappa shape index (κ1) is 16.9. The van der Waals surface area contributed by atoms with E-state index in [2.05, 4.69) is 32.3 Å². The first-order valence-electron chi connectivity index (χ1n) is 10.4. The molecule has 0 amide bonds. The average molecular weight is 383 g/mol. The molecule has 1 saturated heterocycles. The normalized spacial score (nSPS) is 34.0. The Morgan fingerprint density at radius 1 is 1.30 bits per heavy atom. The summed E-state index contributed by atoms with van der Waals surface area (Å²) in [6, 6.07) is 2.08. The molecule has 3 fully saturated rings. The number of pyridine rings is 1. The highest BCUT2D eigenvalue weighted by Crippen LogP contribution is 2.63. The van der Waals surface area contributed by atoms with Gasteiger partial charge in [0, 0.05) is 41.6 Å². The number of hydrogen-bond donors (Lipinski definition) is 2. The lowest BCUT2D eigenvalue weighted by Crippen LogP contribution is -2.51. The summed E-state index contributed by atoms with van der Waals surface area (Å²) in [5.41, 5.74) is 2.99. The summed E-state index contributed by atoms with van der Waals surface area (Å²) in [6.45, 7) is 2.37. The zero-order chi connectivity index (χ0) is 18.1. The van der Waals surface area contributed by atoms with Crippen LogP contribution in [0.5, 0.6) is 0 Å². The molecule has 0 bridgehead atoms. The van der Waals surface area contributed by atoms with E-state index < -0.39 is 7.12 Å². The van der Waals surface area contributed by atoms with E-state index in [9.17, 15) is 5.02 Å². The third-order valence-corrected chi connectivity index (χ3v) is 8.63. The molecule has 2 saturated carbocycles. The Morgan fingerprint density at radius 2 is 2.15 bits per heavy atom. The van der Waals surface area contributed by atoms with Crippen LogP contribution >= 0.6 is 11.9 Å². The third-order valence-electron chi connectivity index (χ3n) is 7.25. The third kappa shape index (κ3) is 2.55. The molecule has 0 atom stereocenters. The Kier molecular flexibility index (Phi) is 3.75. The van der Waals surface area contributed by atoms with E-state index in [0.717, 1.165) is 34.6 Å². The van der Waals surface area contributed by atoms with Crippen molar-refractivity contribution < 1.29 is 9.68 Å². The van der Waals surface area contributed by atoms with Gasteiger partial charge in [-0.05, 0) is 49.1 Å². The van der Waals surface area contributed by atoms with Crippen LogP contribution in [-0.4, -0.2) is 44.8 Å². The maximum atomic E-state index is 10.5. The van der Waals surface area contributed by atoms with Crippen molar-refractivity contribution in [3.05, 3.63) is 24.0 Å². The van der Waals surface area contributed by atoms with Gasteiger partial charge < -0.3 is 14.7 Å². The second kappa shape index (κ2) is 5.99. The van der Waals surface area contributed by atoms with Crippen molar-refractivity contribution in [1.82, 2.24) is 14.3 Å². The SMILES string of the molecule is OB1OC2(CC3(CCN(SC4CCCCC4)C3)C2)c2c1cnc1[nH]ccc21. The summed E-state index contributed by atoms with van der Waals surface area (Å²) in [6.07, 6.45) is 14.0. The standard InChI is InChI=1S/C20H26BN3O2S/c25-21-16-10-23-18-15(6-8-22-18)17(16)20(26-21)11-19(12-20)7-9-24(13-19)27-14-4-2-1-3-5-14/h6,8,10,14,25H,1-5,7,9,11-13H2,(H,22,23). The molecule has 6 rings (SSSR count). The Labute approximate surface area is 164 Å². The fourth-order valence-electron chi connectivity index (χ4n) is 6.13. The summed E-state index contributed by atoms with van der Waals surface area (Å²) < 4.78 is 8.81. The molecule has 2 aromatic heterocycles. The van der Waals surface area contributed by atoms with E-state index in [1.165, 1.54) is 57.2 Å². The van der Waals surface area contributed by atoms with Gasteiger partial charge in [0.15, 0.2) is 0 Å². The fourth-order valence-corrected chi connectivity index (χ4v) is 7.64. The van der Waals surface area contributed by atoms with Crippen LogP contribution in [0.3, 0.4) is 0 Å². The van der Waals surface area contributed by atoms with Gasteiger partial charge in [-0.25, -0.2) is 9.29 Å². The highest BCUT2D eigenvalue weighted by Gasteiger charge is 2.63. The van der Waals surface area contributed by atoms with Crippen LogP contribution in [0.15, 0.2) is 18.5 Å². The smallest absolute Gasteiger partial charge is 0.423 e. The molecule has 0 unspecified atom stereocenters. The molecule has 4 aliphatic rings. The fraction of sp³-hybridized carbons (Fsp3) is 0.650. The zero-order valence-corrected chi connectivity index (χ0v) is 16.4. The monoisotopic (exact) mass is 383 g/mol. The van der Waals surface area contributed by atoms with Gasteiger partial charge in [-0.2, -0.15) is 0 Å². The minimum atomic E-state index is -0.835. The van der Waals surface area contributed by atoms with Crippen molar-refractivity contribution in [2.75, 3.05) is 13.1 Å². The summed E-state index contributed by atoms with van der Waals surface area (Å²) in [7, 11) is -0.835. The van der Waals surface area contributed by atoms with Crippen LogP contribution < -0.4 is 5.46 Å². The first-order chi connectivity index (χ1) is 13.2. The summed E-state index contributed by atoms with van der Waals surface area (Å²) in [5.74, 6) is 0. The van der Waals surface area contributed by atoms with Gasteiger partial charge in [0.1, 0.15) is 5.65 Å². The predicted octanol–water partition coefficient (Wildman–Crippen LogP) is 2.94. The molecule has 0 aromatic carbocycles. The Bertz CT molecular complexity index is 875. The van der Waals surface area contributed by atoms with E-state index in [1.807, 2.05) is 6.20 Å². The van der Waals surface area contributed by atoms with E-state index in [1.54, 1.807) is 6.20 Å². The van der Waals surface area contributed by atoms with Crippen molar-refractivity contribution >= 4 is 35.6 Å². The Hall–Kier alpha value is -1.02. The van der Waals surface area contributed by atoms with Crippen LogP contribution in [0, 0.1) is 5.41 Å². The lowest BCUT2D eigenvalue weighted by atomic mass is 9.56. The molecule has 2 aliphatic heterocycles. The second-order valence-corrected chi connectivity index (χ2v) is 10.5. The van der Waals surface area contributed by atoms with Gasteiger partial charge in [0.05, 0.1) is 5.60 Å². The molecule has 4 heterocycles. The number of aromatic amines is 1. The van der Waals surface area contributed by atoms with Crippen LogP contribution in [0.25, 0.3) is 11.0 Å². The zero-order valence-electron chi connectivity index (χ0n) is 15.6. The van der Waals surface area contributed by atoms with Gasteiger partial charge in [-0.3, -0.25) is 0 Å². The van der Waals surface area contributed by atoms with E-state index >= 15 is 0 Å². The van der Waals surface area contributed by atoms with Crippen LogP contribution in [-0.2, 0) is 10.3 Å². The average Bonchev–Trinajstić information content (AvgIpc) is 3.33. The lowest BCUT2D eigenvalue weighted by molar-refractivity contribution is -0.108. The second-order valence-electron chi connectivity index (χ2n) is 9.13. The molecule has 27 heavy (non-hydrogen) atoms. The number of nitrogens with zero attached hydrogens (tertiary/aromatic N) is 2. The molecule has 2 aliphatic carbocycles. The largest absolute Gasteiger partial charge is 0.493 e. The lowest BCUT2D eigenvalue weighted by Gasteiger charge is -2.53. The molecule has 2 N–H and O–H groups in total. The van der Waals surface area contributed by atoms with Crippen molar-refractivity contribution in [1.29, 1.82) is 0 Å². The van der Waals surface area contributed by atoms with Gasteiger partial charge in [0.25, 0.3) is 0 Å². The van der Waals surface area contributed by atoms with Crippen LogP contribution in [0.2, 0.25) is 0 Å². The van der Waals surface area contributed by atoms with Crippen LogP contribution in [0.1, 0.15) is 56.9 Å². The topological polar surface area (TPSA) is 61.4 Å². The summed E-state index contributed by atoms with van der Waals surface area (Å²) in [5, 5.41) is 12.4. The maximum absolute atomic E-state index is 10.5. The first-order valence-corrected chi connectivity index (χ1v) is 11.2. The van der Waals surface area contributed by atoms with Crippen molar-refractivity contribution in [3.8, 4) is 0 Å². The molecule has 5 nitrogen and oxygen atoms in total. The molecule has 7 heteroatoms. The highest BCUT2D eigenvalue weighted by molar-refractivity contribution is 7.97. The summed E-state index contributed by atoms with van der Waals surface area (Å²) >= 11 is 2.13. The van der Waals surface area contributed by atoms with Crippen molar-refractivity contribution in [2.45, 2.75) is 62.2 Å². The quantitative estimate of drug-likeness (QED) is 0.617. The number of H-pyrrole nitrogens is 1. The van der Waals surface area contributed by atoms with Crippen molar-refractivity contribution in [2.24, 2.45) is 5.41 Å². The molecular formula is C20H26BN3O2S. The van der Waals surface area contributed by atoms with Gasteiger partial charge in [-0.1, -0.05) is 31.2 Å². The number of hydrogen-bond acceptors (Lipinski definition) is 5. The Morgan fingerprint density at radius 3 is 3.00 bits per heavy atom. The number of fused-ring (bicyclic) bond motifs is 4. The van der Waals surface area contributed by atoms with E-state index in [4.69, 9.17) is 4.65 Å². The van der Waals surface area contributed by atoms with E-state index in [0.29, 0.717) is 5.41 Å². The van der Waals surface area contributed by atoms with E-state index in [-0.39, 0.29) is 5.60 Å². The molecule has 0 radical (unpaired) electrons. The Balaban J connectivity index is 1.22. The molecular weight excluding hydrogens is 357 g/mol. The number of rotatable bonds is 2. The molecule has 2 aromatic rings. The van der Waals surface area contributed by atoms with Crippen molar-refractivity contribution in [3.63, 3.8) is 0 Å². The van der Waals surface area contributed by atoms with Crippen LogP contribution in [0.4, 0.5) is 0 Å². The minimum absolute atomic E-state index is 0.316. The van der Waals surface area contributed by atoms with Gasteiger partial charge >= 0.3 is 7.12 Å². The molecule has 2 spiro atoms. The van der Waals surface area contributed by atoms with Gasteiger partial charge in [0.2, 0.25) is 0 Å². The number of nitrogens with one attached hydrogen (secondary N) is 1.